The lowest BCUT2D eigenvalue weighted by molar-refractivity contribution is -0.0385. The molecule has 1 fully saturated rings. The van der Waals surface area contributed by atoms with Crippen molar-refractivity contribution in [3.8, 4) is 0 Å². The third-order valence-electron chi connectivity index (χ3n) is 4.50. The number of fused-ring (bicyclic) bond motifs is 1. The van der Waals surface area contributed by atoms with Gasteiger partial charge >= 0.3 is 0 Å². The van der Waals surface area contributed by atoms with Crippen LogP contribution >= 0.6 is 11.6 Å². The molecular weight excluding hydrogens is 308 g/mol. The molecule has 0 aromatic carbocycles. The largest absolute Gasteiger partial charge is 0.248 e. The Bertz CT molecular complexity index is 699. The summed E-state index contributed by atoms with van der Waals surface area (Å²) >= 11 is 6.48. The molecule has 0 spiro atoms. The SMILES string of the molecule is Cc1nc2cc(C3CCC(F)(F)CC3)nn2c(Cl)c1C(C)C. The number of nitrogens with zero attached hydrogens (tertiary/aromatic N) is 3. The van der Waals surface area contributed by atoms with Gasteiger partial charge in [0.25, 0.3) is 0 Å². The normalized spacial score (nSPS) is 19.2. The Kier molecular flexibility index (Phi) is 3.87. The highest BCUT2D eigenvalue weighted by molar-refractivity contribution is 6.30. The number of hydrogen-bond acceptors (Lipinski definition) is 2. The summed E-state index contributed by atoms with van der Waals surface area (Å²) in [5.74, 6) is -2.20. The maximum Gasteiger partial charge on any atom is 0.248 e. The molecule has 0 radical (unpaired) electrons. The van der Waals surface area contributed by atoms with Crippen molar-refractivity contribution in [2.24, 2.45) is 0 Å². The molecule has 2 aromatic heterocycles. The molecule has 0 saturated heterocycles. The quantitative estimate of drug-likeness (QED) is 0.718. The molecule has 0 aliphatic heterocycles. The maximum atomic E-state index is 13.3. The first-order valence-corrected chi connectivity index (χ1v) is 8.10. The van der Waals surface area contributed by atoms with E-state index in [1.165, 1.54) is 0 Å². The zero-order valence-electron chi connectivity index (χ0n) is 13.0. The molecule has 3 rings (SSSR count). The molecule has 0 N–H and O–H groups in total. The summed E-state index contributed by atoms with van der Waals surface area (Å²) in [7, 11) is 0. The highest BCUT2D eigenvalue weighted by Gasteiger charge is 2.36. The minimum Gasteiger partial charge on any atom is -0.233 e. The van der Waals surface area contributed by atoms with Crippen LogP contribution in [0.3, 0.4) is 0 Å². The molecule has 0 atom stereocenters. The van der Waals surface area contributed by atoms with Gasteiger partial charge in [0.2, 0.25) is 5.92 Å². The van der Waals surface area contributed by atoms with Crippen LogP contribution in [0.1, 0.15) is 68.3 Å². The van der Waals surface area contributed by atoms with Crippen LogP contribution in [-0.4, -0.2) is 20.5 Å². The second-order valence-electron chi connectivity index (χ2n) is 6.53. The maximum absolute atomic E-state index is 13.3. The van der Waals surface area contributed by atoms with Crippen molar-refractivity contribution >= 4 is 17.2 Å². The van der Waals surface area contributed by atoms with E-state index in [4.69, 9.17) is 11.6 Å². The molecule has 2 aromatic rings. The minimum absolute atomic E-state index is 0.0665. The van der Waals surface area contributed by atoms with Crippen molar-refractivity contribution in [3.05, 3.63) is 28.2 Å². The molecule has 0 bridgehead atoms. The second-order valence-corrected chi connectivity index (χ2v) is 6.88. The van der Waals surface area contributed by atoms with Gasteiger partial charge in [-0.3, -0.25) is 0 Å². The van der Waals surface area contributed by atoms with Crippen molar-refractivity contribution in [3.63, 3.8) is 0 Å². The van der Waals surface area contributed by atoms with E-state index >= 15 is 0 Å². The smallest absolute Gasteiger partial charge is 0.233 e. The lowest BCUT2D eigenvalue weighted by Crippen LogP contribution is -2.23. The molecule has 1 saturated carbocycles. The van der Waals surface area contributed by atoms with Gasteiger partial charge in [0.05, 0.1) is 5.69 Å². The molecule has 1 aliphatic rings. The van der Waals surface area contributed by atoms with Gasteiger partial charge in [-0.25, -0.2) is 18.3 Å². The van der Waals surface area contributed by atoms with E-state index in [0.29, 0.717) is 23.6 Å². The number of rotatable bonds is 2. The van der Waals surface area contributed by atoms with E-state index in [2.05, 4.69) is 23.9 Å². The lowest BCUT2D eigenvalue weighted by atomic mass is 9.85. The summed E-state index contributed by atoms with van der Waals surface area (Å²) in [6.45, 7) is 6.07. The van der Waals surface area contributed by atoms with E-state index in [0.717, 1.165) is 17.0 Å². The Morgan fingerprint density at radius 1 is 1.32 bits per heavy atom. The first-order valence-electron chi connectivity index (χ1n) is 7.72. The third kappa shape index (κ3) is 2.71. The molecule has 6 heteroatoms. The highest BCUT2D eigenvalue weighted by Crippen LogP contribution is 2.41. The first-order chi connectivity index (χ1) is 10.3. The van der Waals surface area contributed by atoms with Crippen molar-refractivity contribution in [2.75, 3.05) is 0 Å². The van der Waals surface area contributed by atoms with Gasteiger partial charge in [-0.1, -0.05) is 25.4 Å². The molecule has 0 unspecified atom stereocenters. The number of alkyl halides is 2. The second kappa shape index (κ2) is 5.44. The molecule has 0 amide bonds. The summed E-state index contributed by atoms with van der Waals surface area (Å²) in [6.07, 6.45) is 0.793. The first kappa shape index (κ1) is 15.7. The fraction of sp³-hybridized carbons (Fsp3) is 0.625. The summed E-state index contributed by atoms with van der Waals surface area (Å²) in [4.78, 5) is 4.57. The predicted octanol–water partition coefficient (Wildman–Crippen LogP) is 5.11. The van der Waals surface area contributed by atoms with Crippen molar-refractivity contribution < 1.29 is 8.78 Å². The van der Waals surface area contributed by atoms with Crippen molar-refractivity contribution in [2.45, 2.75) is 64.2 Å². The van der Waals surface area contributed by atoms with E-state index in [1.54, 1.807) is 4.52 Å². The number of aryl methyl sites for hydroxylation is 1. The van der Waals surface area contributed by atoms with Gasteiger partial charge in [0.1, 0.15) is 5.15 Å². The monoisotopic (exact) mass is 327 g/mol. The third-order valence-corrected chi connectivity index (χ3v) is 4.87. The fourth-order valence-corrected chi connectivity index (χ4v) is 3.78. The molecular formula is C16H20ClF2N3. The zero-order chi connectivity index (χ0) is 16.1. The lowest BCUT2D eigenvalue weighted by Gasteiger charge is -2.26. The number of halogens is 3. The van der Waals surface area contributed by atoms with Gasteiger partial charge < -0.3 is 0 Å². The Labute approximate surface area is 133 Å². The van der Waals surface area contributed by atoms with E-state index in [1.807, 2.05) is 13.0 Å². The number of aromatic nitrogens is 3. The summed E-state index contributed by atoms with van der Waals surface area (Å²) in [5.41, 5.74) is 3.40. The standard InChI is InChI=1S/C16H20ClF2N3/c1-9(2)14-10(3)20-13-8-12(21-22(13)15(14)17)11-4-6-16(18,19)7-5-11/h8-9,11H,4-7H2,1-3H3. The Hall–Kier alpha value is -1.23. The fourth-order valence-electron chi connectivity index (χ4n) is 3.30. The van der Waals surface area contributed by atoms with E-state index in [9.17, 15) is 8.78 Å². The Balaban J connectivity index is 1.99. The van der Waals surface area contributed by atoms with Crippen LogP contribution in [0.2, 0.25) is 5.15 Å². The molecule has 3 nitrogen and oxygen atoms in total. The molecule has 2 heterocycles. The zero-order valence-corrected chi connectivity index (χ0v) is 13.8. The van der Waals surface area contributed by atoms with E-state index in [-0.39, 0.29) is 24.7 Å². The minimum atomic E-state index is -2.52. The molecule has 1 aliphatic carbocycles. The summed E-state index contributed by atoms with van der Waals surface area (Å²) < 4.78 is 28.2. The predicted molar refractivity (Wildman–Crippen MR) is 83.0 cm³/mol. The molecule has 22 heavy (non-hydrogen) atoms. The summed E-state index contributed by atoms with van der Waals surface area (Å²) in [5, 5.41) is 5.12. The van der Waals surface area contributed by atoms with Gasteiger partial charge in [0, 0.05) is 36.1 Å². The van der Waals surface area contributed by atoms with Crippen LogP contribution in [-0.2, 0) is 0 Å². The van der Waals surface area contributed by atoms with Crippen LogP contribution in [0, 0.1) is 6.92 Å². The average Bonchev–Trinajstić information content (AvgIpc) is 2.82. The van der Waals surface area contributed by atoms with Crippen LogP contribution < -0.4 is 0 Å². The van der Waals surface area contributed by atoms with Crippen LogP contribution in [0.5, 0.6) is 0 Å². The van der Waals surface area contributed by atoms with Crippen LogP contribution in [0.25, 0.3) is 5.65 Å². The van der Waals surface area contributed by atoms with Gasteiger partial charge in [0.15, 0.2) is 5.65 Å². The topological polar surface area (TPSA) is 30.2 Å². The van der Waals surface area contributed by atoms with Crippen LogP contribution in [0.15, 0.2) is 6.07 Å². The van der Waals surface area contributed by atoms with Gasteiger partial charge in [-0.05, 0) is 25.7 Å². The van der Waals surface area contributed by atoms with Crippen molar-refractivity contribution in [1.82, 2.24) is 14.6 Å². The number of hydrogen-bond donors (Lipinski definition) is 0. The summed E-state index contributed by atoms with van der Waals surface area (Å²) in [6, 6.07) is 1.89. The van der Waals surface area contributed by atoms with Crippen molar-refractivity contribution in [1.29, 1.82) is 0 Å². The Morgan fingerprint density at radius 3 is 2.55 bits per heavy atom. The van der Waals surface area contributed by atoms with E-state index < -0.39 is 5.92 Å². The highest BCUT2D eigenvalue weighted by atomic mass is 35.5. The molecule has 120 valence electrons. The van der Waals surface area contributed by atoms with Gasteiger partial charge in [-0.2, -0.15) is 5.10 Å². The average molecular weight is 328 g/mol. The Morgan fingerprint density at radius 2 is 1.95 bits per heavy atom. The van der Waals surface area contributed by atoms with Crippen LogP contribution in [0.4, 0.5) is 8.78 Å². The van der Waals surface area contributed by atoms with Gasteiger partial charge in [-0.15, -0.1) is 0 Å².